The Balaban J connectivity index is 1.89. The fraction of sp³-hybridized carbons (Fsp3) is 0.235. The Kier molecular flexibility index (Phi) is 3.26. The Bertz CT molecular complexity index is 662. The van der Waals surface area contributed by atoms with Crippen molar-refractivity contribution < 1.29 is 9.13 Å². The molecule has 0 atom stereocenters. The number of pyridine rings is 1. The highest BCUT2D eigenvalue weighted by molar-refractivity contribution is 5.54. The molecule has 1 aliphatic rings. The maximum Gasteiger partial charge on any atom is 0.222 e. The summed E-state index contributed by atoms with van der Waals surface area (Å²) in [5, 5.41) is 0. The summed E-state index contributed by atoms with van der Waals surface area (Å²) in [5.41, 5.74) is 2.84. The van der Waals surface area contributed by atoms with Crippen molar-refractivity contribution in [2.75, 3.05) is 0 Å². The molecule has 1 aliphatic carbocycles. The number of benzene rings is 1. The van der Waals surface area contributed by atoms with Gasteiger partial charge in [0, 0.05) is 11.8 Å². The molecule has 3 rings (SSSR count). The quantitative estimate of drug-likeness (QED) is 0.792. The van der Waals surface area contributed by atoms with E-state index in [0.717, 1.165) is 29.5 Å². The molecule has 0 bridgehead atoms. The molecule has 2 nitrogen and oxygen atoms in total. The van der Waals surface area contributed by atoms with Gasteiger partial charge in [0.15, 0.2) is 11.6 Å². The average Bonchev–Trinajstić information content (AvgIpc) is 3.27. The molecule has 0 aliphatic heterocycles. The zero-order valence-electron chi connectivity index (χ0n) is 11.4. The summed E-state index contributed by atoms with van der Waals surface area (Å²) in [5.74, 6) is 0.828. The molecule has 0 saturated heterocycles. The van der Waals surface area contributed by atoms with Crippen molar-refractivity contribution >= 4 is 6.08 Å². The van der Waals surface area contributed by atoms with E-state index in [2.05, 4.69) is 11.6 Å². The summed E-state index contributed by atoms with van der Waals surface area (Å²) in [6, 6.07) is 7.04. The van der Waals surface area contributed by atoms with E-state index >= 15 is 0 Å². The number of rotatable bonds is 4. The van der Waals surface area contributed by atoms with Crippen LogP contribution in [0.2, 0.25) is 0 Å². The molecule has 1 aromatic carbocycles. The standard InChI is InChI=1S/C17H16FNO/c1-3-12-8-9-19-17(11(12)2)20-16-7-6-14(10-15(16)18)13-4-5-13/h3,6-10,13H,1,4-5H2,2H3. The normalized spacial score (nSPS) is 14.1. The second-order valence-corrected chi connectivity index (χ2v) is 5.10. The summed E-state index contributed by atoms with van der Waals surface area (Å²) < 4.78 is 19.7. The number of nitrogens with zero attached hydrogens (tertiary/aromatic N) is 1. The largest absolute Gasteiger partial charge is 0.436 e. The molecule has 1 heterocycles. The Hall–Kier alpha value is -2.16. The maximum atomic E-state index is 14.1. The van der Waals surface area contributed by atoms with Gasteiger partial charge in [-0.25, -0.2) is 9.37 Å². The van der Waals surface area contributed by atoms with Crippen molar-refractivity contribution in [2.24, 2.45) is 0 Å². The van der Waals surface area contributed by atoms with Gasteiger partial charge in [0.1, 0.15) is 0 Å². The molecule has 0 spiro atoms. The lowest BCUT2D eigenvalue weighted by molar-refractivity contribution is 0.424. The van der Waals surface area contributed by atoms with Gasteiger partial charge in [-0.2, -0.15) is 0 Å². The van der Waals surface area contributed by atoms with Gasteiger partial charge in [-0.3, -0.25) is 0 Å². The molecule has 102 valence electrons. The highest BCUT2D eigenvalue weighted by Crippen LogP contribution is 2.41. The van der Waals surface area contributed by atoms with E-state index in [1.807, 2.05) is 19.1 Å². The summed E-state index contributed by atoms with van der Waals surface area (Å²) in [4.78, 5) is 4.16. The van der Waals surface area contributed by atoms with Gasteiger partial charge in [-0.15, -0.1) is 0 Å². The van der Waals surface area contributed by atoms with E-state index in [9.17, 15) is 4.39 Å². The number of halogens is 1. The van der Waals surface area contributed by atoms with Crippen LogP contribution in [0.1, 0.15) is 35.4 Å². The molecule has 3 heteroatoms. The second kappa shape index (κ2) is 5.08. The number of hydrogen-bond donors (Lipinski definition) is 0. The van der Waals surface area contributed by atoms with Gasteiger partial charge in [-0.05, 0) is 55.0 Å². The van der Waals surface area contributed by atoms with E-state index in [1.165, 1.54) is 0 Å². The SMILES string of the molecule is C=Cc1ccnc(Oc2ccc(C3CC3)cc2F)c1C. The lowest BCUT2D eigenvalue weighted by Crippen LogP contribution is -1.96. The third-order valence-corrected chi connectivity index (χ3v) is 3.63. The van der Waals surface area contributed by atoms with Crippen LogP contribution in [0, 0.1) is 12.7 Å². The molecule has 0 N–H and O–H groups in total. The Morgan fingerprint density at radius 2 is 2.15 bits per heavy atom. The van der Waals surface area contributed by atoms with Crippen molar-refractivity contribution in [2.45, 2.75) is 25.7 Å². The molecule has 0 amide bonds. The van der Waals surface area contributed by atoms with Gasteiger partial charge in [0.25, 0.3) is 0 Å². The molecule has 20 heavy (non-hydrogen) atoms. The van der Waals surface area contributed by atoms with E-state index in [1.54, 1.807) is 24.4 Å². The monoisotopic (exact) mass is 269 g/mol. The highest BCUT2D eigenvalue weighted by atomic mass is 19.1. The smallest absolute Gasteiger partial charge is 0.222 e. The lowest BCUT2D eigenvalue weighted by atomic mass is 10.1. The van der Waals surface area contributed by atoms with Crippen LogP contribution in [0.15, 0.2) is 37.0 Å². The van der Waals surface area contributed by atoms with Crippen molar-refractivity contribution in [3.63, 3.8) is 0 Å². The molecule has 0 radical (unpaired) electrons. The topological polar surface area (TPSA) is 22.1 Å². The van der Waals surface area contributed by atoms with Gasteiger partial charge in [0.2, 0.25) is 5.88 Å². The van der Waals surface area contributed by atoms with E-state index in [4.69, 9.17) is 4.74 Å². The Morgan fingerprint density at radius 1 is 1.35 bits per heavy atom. The molecule has 0 unspecified atom stereocenters. The third kappa shape index (κ3) is 2.44. The van der Waals surface area contributed by atoms with Crippen LogP contribution in [0.3, 0.4) is 0 Å². The van der Waals surface area contributed by atoms with Gasteiger partial charge < -0.3 is 4.74 Å². The van der Waals surface area contributed by atoms with Gasteiger partial charge in [-0.1, -0.05) is 18.7 Å². The molecular formula is C17H16FNO. The number of hydrogen-bond acceptors (Lipinski definition) is 2. The maximum absolute atomic E-state index is 14.1. The fourth-order valence-electron chi connectivity index (χ4n) is 2.23. The van der Waals surface area contributed by atoms with Crippen LogP contribution >= 0.6 is 0 Å². The minimum atomic E-state index is -0.334. The first-order valence-corrected chi connectivity index (χ1v) is 6.74. The van der Waals surface area contributed by atoms with Crippen LogP contribution in [0.25, 0.3) is 6.08 Å². The van der Waals surface area contributed by atoms with Gasteiger partial charge in [0.05, 0.1) is 0 Å². The van der Waals surface area contributed by atoms with Crippen LogP contribution in [0.4, 0.5) is 4.39 Å². The van der Waals surface area contributed by atoms with Crippen LogP contribution < -0.4 is 4.74 Å². The van der Waals surface area contributed by atoms with Crippen molar-refractivity contribution in [3.8, 4) is 11.6 Å². The Morgan fingerprint density at radius 3 is 2.80 bits per heavy atom. The molecule has 1 saturated carbocycles. The second-order valence-electron chi connectivity index (χ2n) is 5.10. The molecule has 2 aromatic rings. The predicted octanol–water partition coefficient (Wildman–Crippen LogP) is 4.84. The van der Waals surface area contributed by atoms with Crippen LogP contribution in [-0.4, -0.2) is 4.98 Å². The van der Waals surface area contributed by atoms with Crippen molar-refractivity contribution in [3.05, 3.63) is 59.5 Å². The average molecular weight is 269 g/mol. The zero-order valence-corrected chi connectivity index (χ0v) is 11.4. The van der Waals surface area contributed by atoms with E-state index < -0.39 is 0 Å². The summed E-state index contributed by atoms with van der Waals surface area (Å²) >= 11 is 0. The summed E-state index contributed by atoms with van der Waals surface area (Å²) in [7, 11) is 0. The van der Waals surface area contributed by atoms with Crippen LogP contribution in [-0.2, 0) is 0 Å². The van der Waals surface area contributed by atoms with Crippen LogP contribution in [0.5, 0.6) is 11.6 Å². The van der Waals surface area contributed by atoms with Gasteiger partial charge >= 0.3 is 0 Å². The molecule has 1 aromatic heterocycles. The van der Waals surface area contributed by atoms with Crippen molar-refractivity contribution in [1.82, 2.24) is 4.98 Å². The third-order valence-electron chi connectivity index (χ3n) is 3.63. The number of ether oxygens (including phenoxy) is 1. The van der Waals surface area contributed by atoms with E-state index in [0.29, 0.717) is 11.8 Å². The fourth-order valence-corrected chi connectivity index (χ4v) is 2.23. The minimum Gasteiger partial charge on any atom is -0.436 e. The van der Waals surface area contributed by atoms with E-state index in [-0.39, 0.29) is 11.6 Å². The predicted molar refractivity (Wildman–Crippen MR) is 77.5 cm³/mol. The molecular weight excluding hydrogens is 253 g/mol. The first-order chi connectivity index (χ1) is 9.69. The zero-order chi connectivity index (χ0) is 14.1. The lowest BCUT2D eigenvalue weighted by Gasteiger charge is -2.10. The van der Waals surface area contributed by atoms with Crippen molar-refractivity contribution in [1.29, 1.82) is 0 Å². The summed E-state index contributed by atoms with van der Waals surface area (Å²) in [6.07, 6.45) is 5.68. The first-order valence-electron chi connectivity index (χ1n) is 6.74. The first kappa shape index (κ1) is 12.9. The highest BCUT2D eigenvalue weighted by Gasteiger charge is 2.24. The Labute approximate surface area is 117 Å². The number of aromatic nitrogens is 1. The minimum absolute atomic E-state index is 0.214. The molecule has 1 fully saturated rings. The summed E-state index contributed by atoms with van der Waals surface area (Å²) in [6.45, 7) is 5.62.